The summed E-state index contributed by atoms with van der Waals surface area (Å²) >= 11 is 3.34. The Bertz CT molecular complexity index is 314. The van der Waals surface area contributed by atoms with E-state index in [2.05, 4.69) is 15.9 Å². The van der Waals surface area contributed by atoms with E-state index in [4.69, 9.17) is 4.74 Å². The Morgan fingerprint density at radius 3 is 2.79 bits per heavy atom. The van der Waals surface area contributed by atoms with Gasteiger partial charge in [0.05, 0.1) is 12.2 Å². The lowest BCUT2D eigenvalue weighted by Crippen LogP contribution is -2.08. The second-order valence-corrected chi connectivity index (χ2v) is 3.92. The summed E-state index contributed by atoms with van der Waals surface area (Å²) in [6.45, 7) is 4.34. The number of aryl methyl sites for hydroxylation is 1. The van der Waals surface area contributed by atoms with Crippen molar-refractivity contribution in [2.45, 2.75) is 20.3 Å². The van der Waals surface area contributed by atoms with Crippen LogP contribution in [0.2, 0.25) is 0 Å². The molecule has 0 aliphatic rings. The Morgan fingerprint density at radius 1 is 1.50 bits per heavy atom. The largest absolute Gasteiger partial charge is 0.462 e. The zero-order valence-electron chi connectivity index (χ0n) is 8.34. The second kappa shape index (κ2) is 5.15. The minimum Gasteiger partial charge on any atom is -0.462 e. The number of hydrogen-bond acceptors (Lipinski definition) is 2. The van der Waals surface area contributed by atoms with Gasteiger partial charge < -0.3 is 4.74 Å². The molecule has 0 amide bonds. The highest BCUT2D eigenvalue weighted by molar-refractivity contribution is 9.10. The maximum atomic E-state index is 11.6. The number of carbonyl (C=O) groups excluding carboxylic acids is 1. The van der Waals surface area contributed by atoms with E-state index in [1.807, 2.05) is 32.0 Å². The van der Waals surface area contributed by atoms with Crippen LogP contribution in [0.25, 0.3) is 0 Å². The molecule has 1 aromatic rings. The Morgan fingerprint density at radius 2 is 2.21 bits per heavy atom. The predicted octanol–water partition coefficient (Wildman–Crippen LogP) is 3.32. The molecule has 0 aliphatic carbocycles. The number of halogens is 1. The summed E-state index contributed by atoms with van der Waals surface area (Å²) < 4.78 is 5.86. The average Bonchev–Trinajstić information content (AvgIpc) is 2.14. The molecule has 0 aliphatic heterocycles. The predicted molar refractivity (Wildman–Crippen MR) is 59.5 cm³/mol. The van der Waals surface area contributed by atoms with Crippen molar-refractivity contribution in [3.63, 3.8) is 0 Å². The standard InChI is InChI=1S/C11H13BrO2/c1-3-7-14-11(13)10-8(2)5-4-6-9(10)12/h4-6H,3,7H2,1-2H3. The van der Waals surface area contributed by atoms with Gasteiger partial charge in [0.1, 0.15) is 0 Å². The second-order valence-electron chi connectivity index (χ2n) is 3.07. The Kier molecular flexibility index (Phi) is 4.14. The molecule has 1 aromatic carbocycles. The highest BCUT2D eigenvalue weighted by Gasteiger charge is 2.13. The van der Waals surface area contributed by atoms with Crippen LogP contribution in [0.1, 0.15) is 29.3 Å². The molecule has 0 bridgehead atoms. The Hall–Kier alpha value is -0.830. The van der Waals surface area contributed by atoms with Crippen molar-refractivity contribution in [3.8, 4) is 0 Å². The third-order valence-corrected chi connectivity index (χ3v) is 2.52. The minimum absolute atomic E-state index is 0.253. The van der Waals surface area contributed by atoms with Gasteiger partial charge in [-0.1, -0.05) is 19.1 Å². The molecule has 3 heteroatoms. The summed E-state index contributed by atoms with van der Waals surface area (Å²) in [6, 6.07) is 5.64. The van der Waals surface area contributed by atoms with Crippen LogP contribution < -0.4 is 0 Å². The number of esters is 1. The molecule has 0 N–H and O–H groups in total. The van der Waals surface area contributed by atoms with Gasteiger partial charge in [-0.2, -0.15) is 0 Å². The molecule has 0 atom stereocenters. The van der Waals surface area contributed by atoms with Crippen LogP contribution in [0.4, 0.5) is 0 Å². The van der Waals surface area contributed by atoms with Crippen molar-refractivity contribution in [2.75, 3.05) is 6.61 Å². The maximum absolute atomic E-state index is 11.6. The molecule has 0 aromatic heterocycles. The summed E-state index contributed by atoms with van der Waals surface area (Å²) in [7, 11) is 0. The first-order chi connectivity index (χ1) is 6.66. The fourth-order valence-corrected chi connectivity index (χ4v) is 1.78. The van der Waals surface area contributed by atoms with Crippen LogP contribution in [0.3, 0.4) is 0 Å². The molecule has 14 heavy (non-hydrogen) atoms. The number of rotatable bonds is 3. The normalized spacial score (nSPS) is 9.93. The molecule has 0 radical (unpaired) electrons. The molecule has 0 spiro atoms. The molecular formula is C11H13BrO2. The van der Waals surface area contributed by atoms with Crippen molar-refractivity contribution in [3.05, 3.63) is 33.8 Å². The number of carbonyl (C=O) groups is 1. The zero-order valence-corrected chi connectivity index (χ0v) is 9.93. The topological polar surface area (TPSA) is 26.3 Å². The van der Waals surface area contributed by atoms with E-state index < -0.39 is 0 Å². The van der Waals surface area contributed by atoms with Gasteiger partial charge in [0, 0.05) is 4.47 Å². The van der Waals surface area contributed by atoms with E-state index in [-0.39, 0.29) is 5.97 Å². The Labute approximate surface area is 92.4 Å². The molecule has 0 saturated carbocycles. The molecule has 0 unspecified atom stereocenters. The molecular weight excluding hydrogens is 244 g/mol. The average molecular weight is 257 g/mol. The molecule has 0 saturated heterocycles. The highest BCUT2D eigenvalue weighted by Crippen LogP contribution is 2.20. The van der Waals surface area contributed by atoms with Crippen LogP contribution in [0.15, 0.2) is 22.7 Å². The van der Waals surface area contributed by atoms with Crippen molar-refractivity contribution in [2.24, 2.45) is 0 Å². The lowest BCUT2D eigenvalue weighted by molar-refractivity contribution is 0.0503. The number of hydrogen-bond donors (Lipinski definition) is 0. The van der Waals surface area contributed by atoms with Crippen LogP contribution >= 0.6 is 15.9 Å². The monoisotopic (exact) mass is 256 g/mol. The van der Waals surface area contributed by atoms with Gasteiger partial charge in [0.15, 0.2) is 0 Å². The smallest absolute Gasteiger partial charge is 0.339 e. The third kappa shape index (κ3) is 2.58. The van der Waals surface area contributed by atoms with Gasteiger partial charge in [-0.15, -0.1) is 0 Å². The van der Waals surface area contributed by atoms with E-state index in [0.29, 0.717) is 12.2 Å². The van der Waals surface area contributed by atoms with Crippen molar-refractivity contribution in [1.82, 2.24) is 0 Å². The zero-order chi connectivity index (χ0) is 10.6. The first kappa shape index (κ1) is 11.2. The quantitative estimate of drug-likeness (QED) is 0.776. The Balaban J connectivity index is 2.89. The van der Waals surface area contributed by atoms with Crippen LogP contribution in [-0.4, -0.2) is 12.6 Å². The SMILES string of the molecule is CCCOC(=O)c1c(C)cccc1Br. The lowest BCUT2D eigenvalue weighted by Gasteiger charge is -2.07. The van der Waals surface area contributed by atoms with E-state index in [1.54, 1.807) is 0 Å². The summed E-state index contributed by atoms with van der Waals surface area (Å²) in [6.07, 6.45) is 0.843. The van der Waals surface area contributed by atoms with Crippen molar-refractivity contribution < 1.29 is 9.53 Å². The van der Waals surface area contributed by atoms with E-state index in [0.717, 1.165) is 16.5 Å². The molecule has 0 heterocycles. The summed E-state index contributed by atoms with van der Waals surface area (Å²) in [4.78, 5) is 11.6. The first-order valence-electron chi connectivity index (χ1n) is 4.59. The molecule has 76 valence electrons. The van der Waals surface area contributed by atoms with Gasteiger partial charge in [-0.05, 0) is 40.9 Å². The van der Waals surface area contributed by atoms with Crippen molar-refractivity contribution >= 4 is 21.9 Å². The minimum atomic E-state index is -0.253. The fraction of sp³-hybridized carbons (Fsp3) is 0.364. The number of benzene rings is 1. The summed E-state index contributed by atoms with van der Waals surface area (Å²) in [5.41, 5.74) is 1.56. The number of ether oxygens (including phenoxy) is 1. The first-order valence-corrected chi connectivity index (χ1v) is 5.38. The van der Waals surface area contributed by atoms with Crippen LogP contribution in [0.5, 0.6) is 0 Å². The maximum Gasteiger partial charge on any atom is 0.339 e. The van der Waals surface area contributed by atoms with Gasteiger partial charge in [-0.3, -0.25) is 0 Å². The summed E-state index contributed by atoms with van der Waals surface area (Å²) in [5.74, 6) is -0.253. The van der Waals surface area contributed by atoms with Gasteiger partial charge in [-0.25, -0.2) is 4.79 Å². The molecule has 2 nitrogen and oxygen atoms in total. The van der Waals surface area contributed by atoms with Gasteiger partial charge in [0.25, 0.3) is 0 Å². The molecule has 0 fully saturated rings. The van der Waals surface area contributed by atoms with E-state index >= 15 is 0 Å². The van der Waals surface area contributed by atoms with E-state index in [1.165, 1.54) is 0 Å². The van der Waals surface area contributed by atoms with Gasteiger partial charge in [0.2, 0.25) is 0 Å². The molecule has 1 rings (SSSR count). The third-order valence-electron chi connectivity index (χ3n) is 1.86. The van der Waals surface area contributed by atoms with E-state index in [9.17, 15) is 4.79 Å². The highest BCUT2D eigenvalue weighted by atomic mass is 79.9. The van der Waals surface area contributed by atoms with Crippen LogP contribution in [0, 0.1) is 6.92 Å². The lowest BCUT2D eigenvalue weighted by atomic mass is 10.1. The van der Waals surface area contributed by atoms with Gasteiger partial charge >= 0.3 is 5.97 Å². The van der Waals surface area contributed by atoms with Crippen molar-refractivity contribution in [1.29, 1.82) is 0 Å². The summed E-state index contributed by atoms with van der Waals surface area (Å²) in [5, 5.41) is 0. The fourth-order valence-electron chi connectivity index (χ4n) is 1.16. The van der Waals surface area contributed by atoms with Crippen LogP contribution in [-0.2, 0) is 4.74 Å².